The van der Waals surface area contributed by atoms with Crippen LogP contribution in [0.2, 0.25) is 0 Å². The first kappa shape index (κ1) is 28.1. The minimum atomic E-state index is -0.0138. The highest BCUT2D eigenvalue weighted by atomic mass is 32.2. The second-order valence-corrected chi connectivity index (χ2v) is 12.1. The van der Waals surface area contributed by atoms with E-state index in [1.165, 1.54) is 9.79 Å². The summed E-state index contributed by atoms with van der Waals surface area (Å²) < 4.78 is 11.3. The fourth-order valence-electron chi connectivity index (χ4n) is 3.79. The molecule has 0 saturated carbocycles. The number of ketones is 2. The van der Waals surface area contributed by atoms with Crippen molar-refractivity contribution in [2.24, 2.45) is 11.8 Å². The van der Waals surface area contributed by atoms with Gasteiger partial charge in [0.25, 0.3) is 0 Å². The van der Waals surface area contributed by atoms with Crippen molar-refractivity contribution in [3.63, 3.8) is 0 Å². The first-order valence-electron chi connectivity index (χ1n) is 12.3. The molecule has 0 aliphatic heterocycles. The van der Waals surface area contributed by atoms with Gasteiger partial charge in [0.1, 0.15) is 11.2 Å². The molecule has 0 aliphatic carbocycles. The first-order chi connectivity index (χ1) is 17.0. The Morgan fingerprint density at radius 3 is 1.36 bits per heavy atom. The van der Waals surface area contributed by atoms with E-state index in [0.717, 1.165) is 44.6 Å². The van der Waals surface area contributed by atoms with Gasteiger partial charge in [-0.25, -0.2) is 0 Å². The summed E-state index contributed by atoms with van der Waals surface area (Å²) in [5.74, 6) is 4.44. The molecule has 4 aromatic rings. The molecular formula is C30H36O4S2. The van der Waals surface area contributed by atoms with Crippen molar-refractivity contribution in [3.05, 3.63) is 59.0 Å². The quantitative estimate of drug-likeness (QED) is 0.169. The summed E-state index contributed by atoms with van der Waals surface area (Å²) in [6, 6.07) is 12.3. The summed E-state index contributed by atoms with van der Waals surface area (Å²) in [7, 11) is 0. The van der Waals surface area contributed by atoms with Gasteiger partial charge < -0.3 is 8.83 Å². The monoisotopic (exact) mass is 524 g/mol. The van der Waals surface area contributed by atoms with Crippen LogP contribution in [0.4, 0.5) is 0 Å². The van der Waals surface area contributed by atoms with E-state index in [0.29, 0.717) is 23.4 Å². The van der Waals surface area contributed by atoms with Crippen LogP contribution in [0.5, 0.6) is 0 Å². The Hall–Kier alpha value is -2.44. The van der Waals surface area contributed by atoms with Crippen LogP contribution >= 0.6 is 23.5 Å². The van der Waals surface area contributed by atoms with Crippen molar-refractivity contribution in [3.8, 4) is 0 Å². The van der Waals surface area contributed by atoms with E-state index in [1.54, 1.807) is 13.8 Å². The van der Waals surface area contributed by atoms with E-state index < -0.39 is 0 Å². The Morgan fingerprint density at radius 2 is 1.06 bits per heavy atom. The van der Waals surface area contributed by atoms with Crippen molar-refractivity contribution in [2.45, 2.75) is 65.2 Å². The molecule has 4 rings (SSSR count). The maximum atomic E-state index is 11.4. The smallest absolute Gasteiger partial charge is 0.195 e. The standard InChI is InChI=1S/2C15H18O2S/c2*1-9(2)8-18-12-5-6-13-10(3)15(11(4)16)17-14(13)7-12/h2*5-7,9H,8H2,1-4H3. The molecule has 0 aliphatic rings. The van der Waals surface area contributed by atoms with Crippen LogP contribution < -0.4 is 0 Å². The third-order valence-electron chi connectivity index (χ3n) is 5.63. The topological polar surface area (TPSA) is 60.4 Å². The van der Waals surface area contributed by atoms with Crippen molar-refractivity contribution in [1.82, 2.24) is 0 Å². The molecule has 2 aromatic heterocycles. The van der Waals surface area contributed by atoms with Gasteiger partial charge in [0.15, 0.2) is 23.1 Å². The molecule has 0 bridgehead atoms. The van der Waals surface area contributed by atoms with Crippen LogP contribution in [0.3, 0.4) is 0 Å². The number of hydrogen-bond acceptors (Lipinski definition) is 6. The molecule has 36 heavy (non-hydrogen) atoms. The zero-order chi connectivity index (χ0) is 26.6. The molecule has 0 spiro atoms. The highest BCUT2D eigenvalue weighted by molar-refractivity contribution is 7.99. The normalized spacial score (nSPS) is 11.4. The lowest BCUT2D eigenvalue weighted by Crippen LogP contribution is -1.90. The number of carbonyl (C=O) groups excluding carboxylic acids is 2. The van der Waals surface area contributed by atoms with E-state index >= 15 is 0 Å². The Labute approximate surface area is 222 Å². The number of thioether (sulfide) groups is 2. The summed E-state index contributed by atoms with van der Waals surface area (Å²) in [5.41, 5.74) is 3.51. The highest BCUT2D eigenvalue weighted by Crippen LogP contribution is 2.31. The fraction of sp³-hybridized carbons (Fsp3) is 0.400. The van der Waals surface area contributed by atoms with Gasteiger partial charge in [0.05, 0.1) is 0 Å². The largest absolute Gasteiger partial charge is 0.453 e. The van der Waals surface area contributed by atoms with Crippen molar-refractivity contribution >= 4 is 57.0 Å². The first-order valence-corrected chi connectivity index (χ1v) is 14.3. The summed E-state index contributed by atoms with van der Waals surface area (Å²) in [6.07, 6.45) is 0. The molecule has 0 radical (unpaired) electrons. The second-order valence-electron chi connectivity index (χ2n) is 9.95. The van der Waals surface area contributed by atoms with E-state index in [9.17, 15) is 9.59 Å². The average Bonchev–Trinajstić information content (AvgIpc) is 3.33. The molecule has 2 heterocycles. The van der Waals surface area contributed by atoms with Crippen LogP contribution in [-0.2, 0) is 0 Å². The van der Waals surface area contributed by atoms with Crippen molar-refractivity contribution in [1.29, 1.82) is 0 Å². The minimum absolute atomic E-state index is 0.0138. The lowest BCUT2D eigenvalue weighted by Gasteiger charge is -2.03. The lowest BCUT2D eigenvalue weighted by molar-refractivity contribution is 0.0981. The van der Waals surface area contributed by atoms with Crippen LogP contribution in [0, 0.1) is 25.7 Å². The Kier molecular flexibility index (Phi) is 9.53. The SMILES string of the molecule is CC(=O)c1oc2cc(SCC(C)C)ccc2c1C.CC(=O)c1oc2cc(SCC(C)C)ccc2c1C. The van der Waals surface area contributed by atoms with Gasteiger partial charge in [-0.3, -0.25) is 9.59 Å². The van der Waals surface area contributed by atoms with Gasteiger partial charge in [-0.2, -0.15) is 0 Å². The minimum Gasteiger partial charge on any atom is -0.453 e. The zero-order valence-corrected chi connectivity index (χ0v) is 24.1. The third kappa shape index (κ3) is 6.86. The van der Waals surface area contributed by atoms with E-state index in [-0.39, 0.29) is 11.6 Å². The molecular weight excluding hydrogens is 488 g/mol. The maximum absolute atomic E-state index is 11.4. The Balaban J connectivity index is 0.000000201. The van der Waals surface area contributed by atoms with Gasteiger partial charge in [-0.15, -0.1) is 23.5 Å². The Bertz CT molecular complexity index is 1270. The molecule has 0 unspecified atom stereocenters. The number of fused-ring (bicyclic) bond motifs is 2. The molecule has 0 atom stereocenters. The van der Waals surface area contributed by atoms with Crippen LogP contribution in [0.25, 0.3) is 21.9 Å². The van der Waals surface area contributed by atoms with Gasteiger partial charge in [0.2, 0.25) is 0 Å². The van der Waals surface area contributed by atoms with Gasteiger partial charge in [-0.1, -0.05) is 27.7 Å². The van der Waals surface area contributed by atoms with E-state index in [2.05, 4.69) is 39.8 Å². The predicted octanol–water partition coefficient (Wildman–Crippen LogP) is 9.38. The summed E-state index contributed by atoms with van der Waals surface area (Å²) in [4.78, 5) is 25.3. The number of hydrogen-bond donors (Lipinski definition) is 0. The van der Waals surface area contributed by atoms with E-state index in [4.69, 9.17) is 8.83 Å². The summed E-state index contributed by atoms with van der Waals surface area (Å²) >= 11 is 3.64. The number of furan rings is 2. The molecule has 2 aromatic carbocycles. The predicted molar refractivity (Wildman–Crippen MR) is 153 cm³/mol. The summed E-state index contributed by atoms with van der Waals surface area (Å²) in [6.45, 7) is 15.8. The van der Waals surface area contributed by atoms with Crippen molar-refractivity contribution in [2.75, 3.05) is 11.5 Å². The third-order valence-corrected chi connectivity index (χ3v) is 8.47. The molecule has 0 saturated heterocycles. The average molecular weight is 525 g/mol. The van der Waals surface area contributed by atoms with E-state index in [1.807, 2.05) is 61.6 Å². The molecule has 4 nitrogen and oxygen atoms in total. The van der Waals surface area contributed by atoms with Crippen LogP contribution in [0.1, 0.15) is 73.8 Å². The van der Waals surface area contributed by atoms with Gasteiger partial charge in [-0.05, 0) is 62.1 Å². The molecule has 0 N–H and O–H groups in total. The molecule has 0 fully saturated rings. The fourth-order valence-corrected chi connectivity index (χ4v) is 5.55. The Morgan fingerprint density at radius 1 is 0.694 bits per heavy atom. The number of rotatable bonds is 8. The summed E-state index contributed by atoms with van der Waals surface area (Å²) in [5, 5.41) is 2.07. The van der Waals surface area contributed by atoms with Crippen molar-refractivity contribution < 1.29 is 18.4 Å². The molecule has 6 heteroatoms. The highest BCUT2D eigenvalue weighted by Gasteiger charge is 2.15. The van der Waals surface area contributed by atoms with Gasteiger partial charge in [0, 0.05) is 57.0 Å². The number of aryl methyl sites for hydroxylation is 2. The van der Waals surface area contributed by atoms with Gasteiger partial charge >= 0.3 is 0 Å². The lowest BCUT2D eigenvalue weighted by atomic mass is 10.1. The number of carbonyl (C=O) groups is 2. The number of Topliss-reactive ketones (excluding diaryl/α,β-unsaturated/α-hetero) is 2. The van der Waals surface area contributed by atoms with Crippen LogP contribution in [-0.4, -0.2) is 23.1 Å². The maximum Gasteiger partial charge on any atom is 0.195 e. The number of benzene rings is 2. The van der Waals surface area contributed by atoms with Crippen LogP contribution in [0.15, 0.2) is 55.0 Å². The zero-order valence-electron chi connectivity index (χ0n) is 22.5. The molecule has 0 amide bonds. The second kappa shape index (κ2) is 12.2. The molecule has 192 valence electrons.